The standard InChI is InChI=1S/C28H36N7O7P/c1-19(26(37)41-28(2,3)4)33-43(38,42-22-13-9-11-20-10-7-8-12-21(20)22)40-15-14-39-18-35-17-29-23-24(35)31-27(32-25(23)36)30-16-34(5)6/h7-13,16-17,19H,14-15,18H2,1-6H3,(H,33,38)(H,31,32,36)/b30-16+/t19-,43?/m0/s1. The van der Waals surface area contributed by atoms with E-state index in [1.165, 1.54) is 24.2 Å². The van der Waals surface area contributed by atoms with Crippen molar-refractivity contribution in [3.8, 4) is 5.75 Å². The van der Waals surface area contributed by atoms with Gasteiger partial charge in [-0.3, -0.25) is 23.7 Å². The van der Waals surface area contributed by atoms with Crippen LogP contribution in [0.25, 0.3) is 21.9 Å². The molecule has 0 aliphatic heterocycles. The number of carbonyl (C=O) groups excluding carboxylic acids is 1. The number of rotatable bonds is 13. The van der Waals surface area contributed by atoms with Crippen molar-refractivity contribution in [3.63, 3.8) is 0 Å². The maximum atomic E-state index is 14.0. The third-order valence-corrected chi connectivity index (χ3v) is 7.34. The van der Waals surface area contributed by atoms with Gasteiger partial charge in [0.1, 0.15) is 24.1 Å². The van der Waals surface area contributed by atoms with E-state index >= 15 is 0 Å². The summed E-state index contributed by atoms with van der Waals surface area (Å²) in [6.45, 7) is 6.54. The SMILES string of the molecule is C[C@H](NP(=O)(OCCOCn1cnc2c(=O)[nH]c(/N=C/N(C)C)nc21)Oc1cccc2ccccc12)C(=O)OC(C)(C)C. The van der Waals surface area contributed by atoms with Crippen LogP contribution in [-0.4, -0.2) is 75.7 Å². The molecule has 0 saturated heterocycles. The van der Waals surface area contributed by atoms with E-state index in [4.69, 9.17) is 18.5 Å². The highest BCUT2D eigenvalue weighted by atomic mass is 31.2. The number of nitrogens with one attached hydrogen (secondary N) is 2. The van der Waals surface area contributed by atoms with E-state index in [-0.39, 0.29) is 37.1 Å². The third-order valence-electron chi connectivity index (χ3n) is 5.67. The minimum absolute atomic E-state index is 0.0140. The topological polar surface area (TPSA) is 162 Å². The molecule has 43 heavy (non-hydrogen) atoms. The first kappa shape index (κ1) is 31.8. The fourth-order valence-electron chi connectivity index (χ4n) is 3.82. The Morgan fingerprint density at radius 2 is 1.93 bits per heavy atom. The van der Waals surface area contributed by atoms with Crippen LogP contribution in [0.15, 0.2) is 58.6 Å². The number of nitrogens with zero attached hydrogens (tertiary/aromatic N) is 5. The highest BCUT2D eigenvalue weighted by Crippen LogP contribution is 2.46. The first-order valence-electron chi connectivity index (χ1n) is 13.5. The fraction of sp³-hybridized carbons (Fsp3) is 0.393. The van der Waals surface area contributed by atoms with E-state index in [9.17, 15) is 14.2 Å². The smallest absolute Gasteiger partial charge is 0.459 e. The van der Waals surface area contributed by atoms with Crippen LogP contribution >= 0.6 is 7.75 Å². The van der Waals surface area contributed by atoms with Crippen molar-refractivity contribution >= 4 is 47.9 Å². The molecule has 0 bridgehead atoms. The molecule has 14 nitrogen and oxygen atoms in total. The summed E-state index contributed by atoms with van der Waals surface area (Å²) < 4.78 is 38.2. The highest BCUT2D eigenvalue weighted by molar-refractivity contribution is 7.52. The molecule has 2 aromatic heterocycles. The second kappa shape index (κ2) is 13.5. The van der Waals surface area contributed by atoms with E-state index in [1.807, 2.05) is 30.3 Å². The Bertz CT molecular complexity index is 1710. The average Bonchev–Trinajstić information content (AvgIpc) is 3.34. The lowest BCUT2D eigenvalue weighted by Crippen LogP contribution is -2.39. The Balaban J connectivity index is 1.45. The number of imidazole rings is 1. The Morgan fingerprint density at radius 3 is 2.67 bits per heavy atom. The van der Waals surface area contributed by atoms with E-state index in [0.717, 1.165) is 10.8 Å². The van der Waals surface area contributed by atoms with E-state index in [1.54, 1.807) is 51.9 Å². The summed E-state index contributed by atoms with van der Waals surface area (Å²) in [5, 5.41) is 4.29. The lowest BCUT2D eigenvalue weighted by Gasteiger charge is -2.26. The number of esters is 1. The summed E-state index contributed by atoms with van der Waals surface area (Å²) in [6.07, 6.45) is 2.93. The van der Waals surface area contributed by atoms with Crippen molar-refractivity contribution in [2.75, 3.05) is 27.3 Å². The van der Waals surface area contributed by atoms with Gasteiger partial charge in [-0.2, -0.15) is 10.1 Å². The van der Waals surface area contributed by atoms with Crippen LogP contribution in [0.2, 0.25) is 0 Å². The molecule has 0 saturated carbocycles. The molecule has 0 aliphatic rings. The lowest BCUT2D eigenvalue weighted by atomic mass is 10.1. The van der Waals surface area contributed by atoms with Crippen molar-refractivity contribution in [1.29, 1.82) is 0 Å². The quantitative estimate of drug-likeness (QED) is 0.0737. The van der Waals surface area contributed by atoms with Crippen molar-refractivity contribution in [2.45, 2.75) is 46.1 Å². The second-order valence-electron chi connectivity index (χ2n) is 10.8. The molecule has 2 atom stereocenters. The first-order chi connectivity index (χ1) is 20.3. The number of aromatic amines is 1. The number of hydrogen-bond donors (Lipinski definition) is 2. The van der Waals surface area contributed by atoms with Gasteiger partial charge in [-0.15, -0.1) is 0 Å². The zero-order valence-corrected chi connectivity index (χ0v) is 25.8. The zero-order chi connectivity index (χ0) is 31.2. The Morgan fingerprint density at radius 1 is 1.19 bits per heavy atom. The molecule has 4 rings (SSSR count). The Hall–Kier alpha value is -4.10. The van der Waals surface area contributed by atoms with Crippen LogP contribution in [0, 0.1) is 0 Å². The number of ether oxygens (including phenoxy) is 2. The monoisotopic (exact) mass is 613 g/mol. The van der Waals surface area contributed by atoms with Crippen molar-refractivity contribution < 1.29 is 27.9 Å². The van der Waals surface area contributed by atoms with Crippen LogP contribution in [0.5, 0.6) is 5.75 Å². The van der Waals surface area contributed by atoms with Gasteiger partial charge < -0.3 is 18.9 Å². The van der Waals surface area contributed by atoms with Gasteiger partial charge in [0, 0.05) is 19.5 Å². The van der Waals surface area contributed by atoms with Gasteiger partial charge in [-0.25, -0.2) is 14.5 Å². The molecule has 2 aromatic carbocycles. The molecule has 15 heteroatoms. The van der Waals surface area contributed by atoms with Crippen LogP contribution in [0.3, 0.4) is 0 Å². The molecular formula is C28H36N7O7P. The molecule has 0 spiro atoms. The predicted octanol–water partition coefficient (Wildman–Crippen LogP) is 3.99. The van der Waals surface area contributed by atoms with Crippen molar-refractivity contribution in [3.05, 3.63) is 59.1 Å². The Labute approximate surface area is 248 Å². The average molecular weight is 614 g/mol. The fourth-order valence-corrected chi connectivity index (χ4v) is 5.31. The zero-order valence-electron chi connectivity index (χ0n) is 24.9. The van der Waals surface area contributed by atoms with Crippen molar-refractivity contribution in [1.82, 2.24) is 29.5 Å². The van der Waals surface area contributed by atoms with Gasteiger partial charge in [0.05, 0.1) is 25.9 Å². The summed E-state index contributed by atoms with van der Waals surface area (Å²) in [5.74, 6) is -0.175. The number of aliphatic imine (C=N–C) groups is 1. The summed E-state index contributed by atoms with van der Waals surface area (Å²) >= 11 is 0. The third kappa shape index (κ3) is 8.71. The van der Waals surface area contributed by atoms with Gasteiger partial charge in [-0.1, -0.05) is 36.4 Å². The van der Waals surface area contributed by atoms with Crippen LogP contribution in [0.4, 0.5) is 5.95 Å². The molecule has 0 amide bonds. The molecule has 1 unspecified atom stereocenters. The largest absolute Gasteiger partial charge is 0.459 e. The van der Waals surface area contributed by atoms with Gasteiger partial charge in [0.2, 0.25) is 5.95 Å². The van der Waals surface area contributed by atoms with E-state index in [2.05, 4.69) is 25.0 Å². The van der Waals surface area contributed by atoms with Crippen LogP contribution in [0.1, 0.15) is 27.7 Å². The minimum atomic E-state index is -4.12. The second-order valence-corrected chi connectivity index (χ2v) is 12.5. The summed E-state index contributed by atoms with van der Waals surface area (Å²) in [4.78, 5) is 41.9. The molecule has 0 aliphatic carbocycles. The van der Waals surface area contributed by atoms with Crippen molar-refractivity contribution in [2.24, 2.45) is 4.99 Å². The predicted molar refractivity (Wildman–Crippen MR) is 163 cm³/mol. The maximum Gasteiger partial charge on any atom is 0.459 e. The van der Waals surface area contributed by atoms with Gasteiger partial charge >= 0.3 is 13.7 Å². The van der Waals surface area contributed by atoms with Gasteiger partial charge in [0.25, 0.3) is 5.56 Å². The minimum Gasteiger partial charge on any atom is -0.459 e. The number of fused-ring (bicyclic) bond motifs is 2. The van der Waals surface area contributed by atoms with E-state index < -0.39 is 30.9 Å². The van der Waals surface area contributed by atoms with Crippen LogP contribution in [-0.2, 0) is 30.1 Å². The summed E-state index contributed by atoms with van der Waals surface area (Å²) in [6, 6.07) is 11.8. The number of aromatic nitrogens is 4. The molecule has 0 radical (unpaired) electrons. The molecule has 230 valence electrons. The van der Waals surface area contributed by atoms with Gasteiger partial charge in [0.15, 0.2) is 11.2 Å². The molecule has 2 N–H and O–H groups in total. The summed E-state index contributed by atoms with van der Waals surface area (Å²) in [7, 11) is -0.534. The summed E-state index contributed by atoms with van der Waals surface area (Å²) in [5.41, 5.74) is -0.751. The normalized spacial score (nSPS) is 14.2. The van der Waals surface area contributed by atoms with E-state index in [0.29, 0.717) is 5.75 Å². The number of benzene rings is 2. The lowest BCUT2D eigenvalue weighted by molar-refractivity contribution is -0.156. The first-order valence-corrected chi connectivity index (χ1v) is 15.0. The molecule has 4 aromatic rings. The maximum absolute atomic E-state index is 14.0. The molecule has 2 heterocycles. The number of hydrogen-bond acceptors (Lipinski definition) is 10. The number of H-pyrrole nitrogens is 1. The molecular weight excluding hydrogens is 577 g/mol. The highest BCUT2D eigenvalue weighted by Gasteiger charge is 2.34. The van der Waals surface area contributed by atoms with Gasteiger partial charge in [-0.05, 0) is 39.1 Å². The van der Waals surface area contributed by atoms with Crippen LogP contribution < -0.4 is 15.2 Å². The molecule has 0 fully saturated rings. The Kier molecular flexibility index (Phi) is 9.97. The number of carbonyl (C=O) groups is 1.